The Kier molecular flexibility index (Phi) is 2.52. The molecule has 92 valence electrons. The van der Waals surface area contributed by atoms with E-state index in [2.05, 4.69) is 23.8 Å². The minimum absolute atomic E-state index is 0.218. The molecule has 18 heavy (non-hydrogen) atoms. The average Bonchev–Trinajstić information content (AvgIpc) is 2.45. The van der Waals surface area contributed by atoms with Gasteiger partial charge >= 0.3 is 0 Å². The van der Waals surface area contributed by atoms with Crippen LogP contribution in [0.3, 0.4) is 0 Å². The predicted octanol–water partition coefficient (Wildman–Crippen LogP) is 2.82. The highest BCUT2D eigenvalue weighted by molar-refractivity contribution is 7.99. The van der Waals surface area contributed by atoms with Crippen LogP contribution in [0.1, 0.15) is 29.5 Å². The Morgan fingerprint density at radius 2 is 1.94 bits per heavy atom. The molecule has 0 aliphatic carbocycles. The van der Waals surface area contributed by atoms with Crippen molar-refractivity contribution in [1.82, 2.24) is 4.98 Å². The number of hydrogen-bond donors (Lipinski definition) is 0. The van der Waals surface area contributed by atoms with Crippen LogP contribution in [0.4, 0.5) is 0 Å². The summed E-state index contributed by atoms with van der Waals surface area (Å²) >= 11 is 0. The van der Waals surface area contributed by atoms with Crippen molar-refractivity contribution in [2.24, 2.45) is 0 Å². The third-order valence-electron chi connectivity index (χ3n) is 3.53. The molecular formula is C15H15NOS. The van der Waals surface area contributed by atoms with Gasteiger partial charge in [-0.3, -0.25) is 4.21 Å². The second-order valence-electron chi connectivity index (χ2n) is 4.77. The molecule has 0 saturated carbocycles. The molecule has 1 aromatic heterocycles. The maximum Gasteiger partial charge on any atom is 0.123 e. The van der Waals surface area contributed by atoms with Crippen LogP contribution in [0, 0.1) is 0 Å². The van der Waals surface area contributed by atoms with Gasteiger partial charge in [0.15, 0.2) is 0 Å². The fourth-order valence-corrected chi connectivity index (χ4v) is 4.45. The lowest BCUT2D eigenvalue weighted by atomic mass is 9.91. The van der Waals surface area contributed by atoms with Crippen molar-refractivity contribution in [3.05, 3.63) is 59.3 Å². The molecule has 3 heteroatoms. The SMILES string of the molecule is C=S1(=O)Cc2ccccc2C(C)c2cccnc21. The predicted molar refractivity (Wildman–Crippen MR) is 75.4 cm³/mol. The number of aromatic nitrogens is 1. The number of benzene rings is 1. The first kappa shape index (κ1) is 11.5. The smallest absolute Gasteiger partial charge is 0.123 e. The minimum atomic E-state index is -2.34. The molecule has 0 N–H and O–H groups in total. The van der Waals surface area contributed by atoms with Gasteiger partial charge in [-0.05, 0) is 28.6 Å². The van der Waals surface area contributed by atoms with Gasteiger partial charge in [-0.25, -0.2) is 4.98 Å². The molecule has 0 saturated heterocycles. The number of fused-ring (bicyclic) bond motifs is 2. The van der Waals surface area contributed by atoms with E-state index in [1.54, 1.807) is 6.20 Å². The number of pyridine rings is 1. The van der Waals surface area contributed by atoms with Crippen LogP contribution in [0.15, 0.2) is 47.6 Å². The van der Waals surface area contributed by atoms with E-state index in [0.717, 1.165) is 11.1 Å². The highest BCUT2D eigenvalue weighted by Gasteiger charge is 2.26. The first-order valence-electron chi connectivity index (χ1n) is 5.97. The quantitative estimate of drug-likeness (QED) is 0.679. The van der Waals surface area contributed by atoms with Gasteiger partial charge in [0.2, 0.25) is 0 Å². The normalized spacial score (nSPS) is 25.9. The third kappa shape index (κ3) is 1.66. The van der Waals surface area contributed by atoms with Gasteiger partial charge in [-0.15, -0.1) is 0 Å². The number of rotatable bonds is 0. The van der Waals surface area contributed by atoms with Crippen molar-refractivity contribution in [2.75, 3.05) is 0 Å². The van der Waals surface area contributed by atoms with Crippen molar-refractivity contribution in [3.63, 3.8) is 0 Å². The van der Waals surface area contributed by atoms with Crippen LogP contribution in [-0.2, 0) is 15.3 Å². The van der Waals surface area contributed by atoms with Crippen LogP contribution in [-0.4, -0.2) is 15.1 Å². The summed E-state index contributed by atoms with van der Waals surface area (Å²) in [5.74, 6) is 4.63. The zero-order valence-corrected chi connectivity index (χ0v) is 11.1. The molecule has 0 fully saturated rings. The molecule has 2 unspecified atom stereocenters. The summed E-state index contributed by atoms with van der Waals surface area (Å²) in [5, 5.41) is 0.675. The van der Waals surface area contributed by atoms with E-state index in [1.807, 2.05) is 30.3 Å². The minimum Gasteiger partial charge on any atom is -0.261 e. The second kappa shape index (κ2) is 3.95. The summed E-state index contributed by atoms with van der Waals surface area (Å²) in [4.78, 5) is 4.33. The van der Waals surface area contributed by atoms with E-state index in [4.69, 9.17) is 0 Å². The highest BCUT2D eigenvalue weighted by atomic mass is 32.2. The van der Waals surface area contributed by atoms with Gasteiger partial charge in [0, 0.05) is 27.4 Å². The lowest BCUT2D eigenvalue weighted by molar-refractivity contribution is 0.676. The zero-order valence-electron chi connectivity index (χ0n) is 10.3. The Labute approximate surface area is 108 Å². The third-order valence-corrected chi connectivity index (χ3v) is 5.35. The van der Waals surface area contributed by atoms with Gasteiger partial charge in [-0.1, -0.05) is 37.3 Å². The molecule has 2 aromatic rings. The Bertz CT molecular complexity index is 704. The largest absolute Gasteiger partial charge is 0.261 e. The van der Waals surface area contributed by atoms with Gasteiger partial charge in [-0.2, -0.15) is 0 Å². The summed E-state index contributed by atoms with van der Waals surface area (Å²) in [5.41, 5.74) is 3.41. The molecule has 1 aliphatic rings. The molecular weight excluding hydrogens is 242 g/mol. The van der Waals surface area contributed by atoms with E-state index in [1.165, 1.54) is 5.56 Å². The maximum atomic E-state index is 12.8. The molecule has 2 heterocycles. The van der Waals surface area contributed by atoms with Crippen molar-refractivity contribution in [1.29, 1.82) is 0 Å². The maximum absolute atomic E-state index is 12.8. The molecule has 2 nitrogen and oxygen atoms in total. The van der Waals surface area contributed by atoms with Crippen LogP contribution < -0.4 is 0 Å². The second-order valence-corrected chi connectivity index (χ2v) is 7.07. The lowest BCUT2D eigenvalue weighted by Crippen LogP contribution is -2.07. The van der Waals surface area contributed by atoms with Gasteiger partial charge in [0.1, 0.15) is 5.03 Å². The van der Waals surface area contributed by atoms with Gasteiger partial charge in [0.25, 0.3) is 0 Å². The van der Waals surface area contributed by atoms with Crippen molar-refractivity contribution < 1.29 is 4.21 Å². The van der Waals surface area contributed by atoms with Gasteiger partial charge < -0.3 is 0 Å². The molecule has 0 radical (unpaired) electrons. The van der Waals surface area contributed by atoms with E-state index in [-0.39, 0.29) is 5.92 Å². The van der Waals surface area contributed by atoms with Crippen LogP contribution in [0.25, 0.3) is 0 Å². The standard InChI is InChI=1S/C15H15NOS/c1-11-13-7-4-3-6-12(13)10-18(2,17)15-14(11)8-5-9-16-15/h3-9,11H,2,10H2,1H3. The van der Waals surface area contributed by atoms with Crippen molar-refractivity contribution >= 4 is 15.4 Å². The summed E-state index contributed by atoms with van der Waals surface area (Å²) < 4.78 is 12.8. The molecule has 0 bridgehead atoms. The van der Waals surface area contributed by atoms with Crippen molar-refractivity contribution in [2.45, 2.75) is 23.6 Å². The Balaban J connectivity index is 2.35. The fourth-order valence-electron chi connectivity index (χ4n) is 2.62. The van der Waals surface area contributed by atoms with E-state index < -0.39 is 9.52 Å². The number of hydrogen-bond acceptors (Lipinski definition) is 2. The number of nitrogens with zero attached hydrogens (tertiary/aromatic N) is 1. The lowest BCUT2D eigenvalue weighted by Gasteiger charge is -2.13. The summed E-state index contributed by atoms with van der Waals surface area (Å²) in [6, 6.07) is 12.1. The first-order valence-corrected chi connectivity index (χ1v) is 7.87. The average molecular weight is 257 g/mol. The Morgan fingerprint density at radius 1 is 1.22 bits per heavy atom. The summed E-state index contributed by atoms with van der Waals surface area (Å²) in [6.07, 6.45) is 1.70. The molecule has 1 aliphatic heterocycles. The van der Waals surface area contributed by atoms with Crippen molar-refractivity contribution in [3.8, 4) is 0 Å². The van der Waals surface area contributed by atoms with E-state index >= 15 is 0 Å². The van der Waals surface area contributed by atoms with E-state index in [9.17, 15) is 4.21 Å². The van der Waals surface area contributed by atoms with Crippen LogP contribution in [0.5, 0.6) is 0 Å². The fraction of sp³-hybridized carbons (Fsp3) is 0.200. The summed E-state index contributed by atoms with van der Waals surface area (Å²) in [7, 11) is -2.34. The highest BCUT2D eigenvalue weighted by Crippen LogP contribution is 2.35. The molecule has 3 rings (SSSR count). The molecule has 0 spiro atoms. The Hall–Kier alpha value is -1.61. The first-order chi connectivity index (χ1) is 8.59. The Morgan fingerprint density at radius 3 is 2.78 bits per heavy atom. The topological polar surface area (TPSA) is 30.0 Å². The zero-order chi connectivity index (χ0) is 12.8. The molecule has 0 amide bonds. The molecule has 2 atom stereocenters. The molecule has 1 aromatic carbocycles. The monoisotopic (exact) mass is 257 g/mol. The summed E-state index contributed by atoms with van der Waals surface area (Å²) in [6.45, 7) is 2.14. The van der Waals surface area contributed by atoms with E-state index in [0.29, 0.717) is 10.8 Å². The van der Waals surface area contributed by atoms with Crippen LogP contribution in [0.2, 0.25) is 0 Å². The van der Waals surface area contributed by atoms with Crippen LogP contribution >= 0.6 is 0 Å². The van der Waals surface area contributed by atoms with Gasteiger partial charge in [0.05, 0.1) is 0 Å².